The lowest BCUT2D eigenvalue weighted by molar-refractivity contribution is -0.113. The second-order valence-electron chi connectivity index (χ2n) is 9.71. The average Bonchev–Trinajstić information content (AvgIpc) is 2.86. The summed E-state index contributed by atoms with van der Waals surface area (Å²) in [5.74, 6) is 0.727. The first-order chi connectivity index (χ1) is 16.9. The van der Waals surface area contributed by atoms with Crippen molar-refractivity contribution in [2.45, 2.75) is 26.2 Å². The molecule has 176 valence electrons. The van der Waals surface area contributed by atoms with Crippen LogP contribution in [0.25, 0.3) is 11.8 Å². The molecule has 3 aromatic rings. The Morgan fingerprint density at radius 2 is 1.66 bits per heavy atom. The van der Waals surface area contributed by atoms with E-state index in [4.69, 9.17) is 16.3 Å². The number of dihydropyridines is 1. The predicted molar refractivity (Wildman–Crippen MR) is 143 cm³/mol. The van der Waals surface area contributed by atoms with E-state index in [1.54, 1.807) is 7.11 Å². The van der Waals surface area contributed by atoms with Gasteiger partial charge < -0.3 is 10.1 Å². The molecule has 1 unspecified atom stereocenters. The lowest BCUT2D eigenvalue weighted by Gasteiger charge is -2.40. The number of hydrogen-bond acceptors (Lipinski definition) is 3. The summed E-state index contributed by atoms with van der Waals surface area (Å²) in [6.07, 6.45) is 4.94. The number of ketones is 1. The fourth-order valence-corrected chi connectivity index (χ4v) is 5.09. The Morgan fingerprint density at radius 1 is 0.971 bits per heavy atom. The minimum atomic E-state index is -0.314. The number of rotatable bonds is 4. The van der Waals surface area contributed by atoms with Crippen LogP contribution >= 0.6 is 11.6 Å². The molecule has 0 fully saturated rings. The van der Waals surface area contributed by atoms with Gasteiger partial charge in [0.1, 0.15) is 5.75 Å². The summed E-state index contributed by atoms with van der Waals surface area (Å²) in [5, 5.41) is 4.29. The zero-order valence-electron chi connectivity index (χ0n) is 20.1. The van der Waals surface area contributed by atoms with Crippen molar-refractivity contribution in [2.24, 2.45) is 5.41 Å². The average molecular weight is 482 g/mol. The third-order valence-corrected chi connectivity index (χ3v) is 7.08. The van der Waals surface area contributed by atoms with E-state index in [1.165, 1.54) is 0 Å². The highest BCUT2D eigenvalue weighted by Crippen LogP contribution is 2.48. The molecule has 0 amide bonds. The lowest BCUT2D eigenvalue weighted by Crippen LogP contribution is -2.37. The summed E-state index contributed by atoms with van der Waals surface area (Å²) >= 11 is 6.19. The summed E-state index contributed by atoms with van der Waals surface area (Å²) in [7, 11) is 1.66. The molecule has 2 aliphatic rings. The molecule has 0 bridgehead atoms. The molecule has 1 aliphatic carbocycles. The van der Waals surface area contributed by atoms with E-state index in [0.29, 0.717) is 5.02 Å². The van der Waals surface area contributed by atoms with Gasteiger partial charge in [0.05, 0.1) is 7.11 Å². The fourth-order valence-electron chi connectivity index (χ4n) is 4.97. The van der Waals surface area contributed by atoms with Crippen molar-refractivity contribution in [1.29, 1.82) is 0 Å². The number of methoxy groups -OCH3 is 1. The van der Waals surface area contributed by atoms with Crippen LogP contribution in [0.3, 0.4) is 0 Å². The van der Waals surface area contributed by atoms with E-state index in [1.807, 2.05) is 84.9 Å². The predicted octanol–water partition coefficient (Wildman–Crippen LogP) is 7.41. The van der Waals surface area contributed by atoms with Gasteiger partial charge in [0.2, 0.25) is 0 Å². The number of nitrogens with one attached hydrogen (secondary N) is 1. The maximum Gasteiger partial charge on any atom is 0.188 e. The Hall–Kier alpha value is -3.56. The second-order valence-corrected chi connectivity index (χ2v) is 10.2. The number of benzene rings is 3. The van der Waals surface area contributed by atoms with Gasteiger partial charge in [0, 0.05) is 33.5 Å². The maximum atomic E-state index is 14.1. The molecule has 1 heterocycles. The number of Topliss-reactive ketones (excluding diaryl/α,β-unsaturated/α-hetero) is 1. The van der Waals surface area contributed by atoms with Crippen molar-refractivity contribution in [1.82, 2.24) is 5.32 Å². The van der Waals surface area contributed by atoms with Gasteiger partial charge in [-0.2, -0.15) is 0 Å². The number of ether oxygens (including phenoxy) is 1. The molecule has 0 saturated carbocycles. The molecular formula is C31H28ClNO2. The number of halogens is 1. The highest BCUT2D eigenvalue weighted by molar-refractivity contribution is 6.30. The Kier molecular flexibility index (Phi) is 6.12. The molecule has 4 heteroatoms. The van der Waals surface area contributed by atoms with Gasteiger partial charge in [-0.15, -0.1) is 0 Å². The summed E-state index contributed by atoms with van der Waals surface area (Å²) < 4.78 is 5.33. The minimum absolute atomic E-state index is 0.0950. The van der Waals surface area contributed by atoms with Gasteiger partial charge in [-0.3, -0.25) is 4.79 Å². The highest BCUT2D eigenvalue weighted by Gasteiger charge is 2.42. The van der Waals surface area contributed by atoms with E-state index in [9.17, 15) is 4.79 Å². The van der Waals surface area contributed by atoms with Crippen LogP contribution in [0.1, 0.15) is 42.9 Å². The van der Waals surface area contributed by atoms with Crippen LogP contribution in [-0.2, 0) is 4.79 Å². The fraction of sp³-hybridized carbons (Fsp3) is 0.194. The van der Waals surface area contributed by atoms with Crippen LogP contribution in [0, 0.1) is 5.41 Å². The van der Waals surface area contributed by atoms with Crippen molar-refractivity contribution < 1.29 is 9.53 Å². The molecule has 3 nitrogen and oxygen atoms in total. The van der Waals surface area contributed by atoms with Crippen molar-refractivity contribution in [3.63, 3.8) is 0 Å². The Morgan fingerprint density at radius 3 is 2.31 bits per heavy atom. The third-order valence-electron chi connectivity index (χ3n) is 6.83. The standard InChI is InChI=1S/C31H28ClNO2/c1-31(2)19-28-29(30(34)26(31)17-20-7-5-4-6-8-20)25(21-9-13-23(32)14-10-21)18-27(33-28)22-11-15-24(35-3)16-12-22/h4-18,25,33H,19H2,1-3H3/b26-17+. The SMILES string of the molecule is COc1ccc(C2=CC(c3ccc(Cl)cc3)C3=C(CC(C)(C)/C(=C/c4ccccc4)C3=O)N2)cc1. The summed E-state index contributed by atoms with van der Waals surface area (Å²) in [5.41, 5.74) is 6.44. The van der Waals surface area contributed by atoms with Gasteiger partial charge in [0.15, 0.2) is 5.78 Å². The Balaban J connectivity index is 1.63. The quantitative estimate of drug-likeness (QED) is 0.394. The molecule has 0 saturated heterocycles. The smallest absolute Gasteiger partial charge is 0.188 e. The van der Waals surface area contributed by atoms with Crippen LogP contribution in [0.5, 0.6) is 5.75 Å². The second kappa shape index (κ2) is 9.24. The first-order valence-electron chi connectivity index (χ1n) is 11.8. The van der Waals surface area contributed by atoms with Gasteiger partial charge in [-0.05, 0) is 77.1 Å². The monoisotopic (exact) mass is 481 g/mol. The van der Waals surface area contributed by atoms with Gasteiger partial charge in [-0.25, -0.2) is 0 Å². The molecule has 5 rings (SSSR count). The van der Waals surface area contributed by atoms with Gasteiger partial charge in [0.25, 0.3) is 0 Å². The molecule has 1 N–H and O–H groups in total. The summed E-state index contributed by atoms with van der Waals surface area (Å²) in [6.45, 7) is 4.29. The molecule has 1 atom stereocenters. The molecule has 35 heavy (non-hydrogen) atoms. The maximum absolute atomic E-state index is 14.1. The van der Waals surface area contributed by atoms with Gasteiger partial charge in [-0.1, -0.05) is 67.9 Å². The van der Waals surface area contributed by atoms with Crippen molar-refractivity contribution in [3.05, 3.63) is 123 Å². The van der Waals surface area contributed by atoms with Crippen LogP contribution < -0.4 is 10.1 Å². The first-order valence-corrected chi connectivity index (χ1v) is 12.2. The molecular weight excluding hydrogens is 454 g/mol. The topological polar surface area (TPSA) is 38.3 Å². The van der Waals surface area contributed by atoms with Crippen LogP contribution in [0.2, 0.25) is 5.02 Å². The highest BCUT2D eigenvalue weighted by atomic mass is 35.5. The van der Waals surface area contributed by atoms with E-state index >= 15 is 0 Å². The molecule has 0 spiro atoms. The molecule has 0 aromatic heterocycles. The number of carbonyl (C=O) groups excluding carboxylic acids is 1. The van der Waals surface area contributed by atoms with E-state index in [0.717, 1.165) is 51.4 Å². The largest absolute Gasteiger partial charge is 0.497 e. The Bertz CT molecular complexity index is 1350. The van der Waals surface area contributed by atoms with E-state index in [-0.39, 0.29) is 17.1 Å². The molecule has 1 aliphatic heterocycles. The van der Waals surface area contributed by atoms with Crippen LogP contribution in [0.15, 0.2) is 102 Å². The number of carbonyl (C=O) groups is 1. The Labute approximate surface area is 211 Å². The van der Waals surface area contributed by atoms with Crippen LogP contribution in [0.4, 0.5) is 0 Å². The zero-order valence-corrected chi connectivity index (χ0v) is 20.9. The molecule has 3 aromatic carbocycles. The lowest BCUT2D eigenvalue weighted by atomic mass is 9.67. The van der Waals surface area contributed by atoms with Crippen molar-refractivity contribution in [3.8, 4) is 5.75 Å². The number of hydrogen-bond donors (Lipinski definition) is 1. The summed E-state index contributed by atoms with van der Waals surface area (Å²) in [4.78, 5) is 14.1. The van der Waals surface area contributed by atoms with E-state index < -0.39 is 0 Å². The molecule has 0 radical (unpaired) electrons. The zero-order chi connectivity index (χ0) is 24.6. The van der Waals surface area contributed by atoms with Crippen molar-refractivity contribution in [2.75, 3.05) is 7.11 Å². The summed E-state index contributed by atoms with van der Waals surface area (Å²) in [6, 6.07) is 25.9. The minimum Gasteiger partial charge on any atom is -0.497 e. The third kappa shape index (κ3) is 4.56. The normalized spacial score (nSPS) is 20.2. The van der Waals surface area contributed by atoms with Crippen molar-refractivity contribution >= 4 is 29.2 Å². The first kappa shape index (κ1) is 23.2. The van der Waals surface area contributed by atoms with E-state index in [2.05, 4.69) is 25.2 Å². The van der Waals surface area contributed by atoms with Crippen LogP contribution in [-0.4, -0.2) is 12.9 Å². The van der Waals surface area contributed by atoms with Gasteiger partial charge >= 0.3 is 0 Å². The number of allylic oxidation sites excluding steroid dienone is 4.